The Hall–Kier alpha value is -1.33. The lowest BCUT2D eigenvalue weighted by atomic mass is 9.75. The van der Waals surface area contributed by atoms with Gasteiger partial charge in [-0.1, -0.05) is 11.6 Å². The minimum Gasteiger partial charge on any atom is -0.351 e. The SMILES string of the molecule is CN(C)C1(CNc2nc3ccc(Cl)cn3n2)CCC1. The molecule has 1 fully saturated rings. The van der Waals surface area contributed by atoms with Gasteiger partial charge >= 0.3 is 0 Å². The Balaban J connectivity index is 1.75. The number of pyridine rings is 1. The van der Waals surface area contributed by atoms with Gasteiger partial charge in [-0.25, -0.2) is 4.52 Å². The summed E-state index contributed by atoms with van der Waals surface area (Å²) in [6.07, 6.45) is 5.52. The van der Waals surface area contributed by atoms with Crippen LogP contribution in [0.2, 0.25) is 5.02 Å². The molecule has 0 bridgehead atoms. The van der Waals surface area contributed by atoms with Gasteiger partial charge in [0.2, 0.25) is 5.95 Å². The molecule has 0 aliphatic heterocycles. The molecule has 5 nitrogen and oxygen atoms in total. The van der Waals surface area contributed by atoms with Crippen LogP contribution in [0.5, 0.6) is 0 Å². The van der Waals surface area contributed by atoms with Crippen molar-refractivity contribution in [3.8, 4) is 0 Å². The maximum absolute atomic E-state index is 5.94. The topological polar surface area (TPSA) is 45.5 Å². The van der Waals surface area contributed by atoms with Gasteiger partial charge in [-0.05, 0) is 45.5 Å². The predicted molar refractivity (Wildman–Crippen MR) is 76.8 cm³/mol. The van der Waals surface area contributed by atoms with E-state index in [-0.39, 0.29) is 5.54 Å². The van der Waals surface area contributed by atoms with Crippen molar-refractivity contribution in [1.29, 1.82) is 0 Å². The highest BCUT2D eigenvalue weighted by Crippen LogP contribution is 2.36. The number of aromatic nitrogens is 3. The zero-order valence-electron chi connectivity index (χ0n) is 11.2. The Kier molecular flexibility index (Phi) is 3.11. The Morgan fingerprint density at radius 2 is 2.21 bits per heavy atom. The summed E-state index contributed by atoms with van der Waals surface area (Å²) >= 11 is 5.94. The number of nitrogens with one attached hydrogen (secondary N) is 1. The highest BCUT2D eigenvalue weighted by Gasteiger charge is 2.38. The first-order valence-electron chi connectivity index (χ1n) is 6.52. The van der Waals surface area contributed by atoms with Crippen LogP contribution < -0.4 is 5.32 Å². The molecule has 102 valence electrons. The highest BCUT2D eigenvalue weighted by molar-refractivity contribution is 6.30. The number of halogens is 1. The first-order chi connectivity index (χ1) is 9.09. The number of fused-ring (bicyclic) bond motifs is 1. The second kappa shape index (κ2) is 4.65. The van der Waals surface area contributed by atoms with Gasteiger partial charge < -0.3 is 10.2 Å². The van der Waals surface area contributed by atoms with Crippen molar-refractivity contribution in [3.05, 3.63) is 23.4 Å². The van der Waals surface area contributed by atoms with E-state index in [1.807, 2.05) is 12.1 Å². The Morgan fingerprint density at radius 1 is 1.42 bits per heavy atom. The Morgan fingerprint density at radius 3 is 2.84 bits per heavy atom. The molecule has 0 amide bonds. The highest BCUT2D eigenvalue weighted by atomic mass is 35.5. The number of rotatable bonds is 4. The second-order valence-corrected chi connectivity index (χ2v) is 5.85. The summed E-state index contributed by atoms with van der Waals surface area (Å²) in [4.78, 5) is 6.74. The van der Waals surface area contributed by atoms with E-state index in [2.05, 4.69) is 34.4 Å². The van der Waals surface area contributed by atoms with E-state index in [1.54, 1.807) is 10.7 Å². The number of nitrogens with zero attached hydrogens (tertiary/aromatic N) is 4. The van der Waals surface area contributed by atoms with Crippen molar-refractivity contribution >= 4 is 23.2 Å². The quantitative estimate of drug-likeness (QED) is 0.933. The third kappa shape index (κ3) is 2.28. The number of anilines is 1. The second-order valence-electron chi connectivity index (χ2n) is 5.41. The van der Waals surface area contributed by atoms with Gasteiger partial charge in [-0.2, -0.15) is 4.98 Å². The van der Waals surface area contributed by atoms with Crippen molar-refractivity contribution in [1.82, 2.24) is 19.5 Å². The first-order valence-corrected chi connectivity index (χ1v) is 6.90. The summed E-state index contributed by atoms with van der Waals surface area (Å²) in [7, 11) is 4.27. The largest absolute Gasteiger partial charge is 0.351 e. The van der Waals surface area contributed by atoms with E-state index in [9.17, 15) is 0 Å². The van der Waals surface area contributed by atoms with Crippen LogP contribution in [0.1, 0.15) is 19.3 Å². The van der Waals surface area contributed by atoms with Gasteiger partial charge in [0, 0.05) is 18.3 Å². The molecule has 0 aromatic carbocycles. The molecule has 0 spiro atoms. The van der Waals surface area contributed by atoms with E-state index in [0.717, 1.165) is 12.2 Å². The van der Waals surface area contributed by atoms with Gasteiger partial charge in [0.25, 0.3) is 0 Å². The van der Waals surface area contributed by atoms with E-state index >= 15 is 0 Å². The molecular formula is C13H18ClN5. The van der Waals surface area contributed by atoms with Crippen LogP contribution in [0, 0.1) is 0 Å². The number of hydrogen-bond acceptors (Lipinski definition) is 4. The minimum absolute atomic E-state index is 0.259. The molecule has 1 aliphatic carbocycles. The molecule has 2 aromatic heterocycles. The van der Waals surface area contributed by atoms with Gasteiger partial charge in [-0.15, -0.1) is 5.10 Å². The first kappa shape index (κ1) is 12.7. The van der Waals surface area contributed by atoms with Crippen molar-refractivity contribution < 1.29 is 0 Å². The molecule has 2 aromatic rings. The van der Waals surface area contributed by atoms with Crippen LogP contribution in [-0.4, -0.2) is 45.7 Å². The lowest BCUT2D eigenvalue weighted by Crippen LogP contribution is -2.54. The minimum atomic E-state index is 0.259. The summed E-state index contributed by atoms with van der Waals surface area (Å²) < 4.78 is 1.70. The van der Waals surface area contributed by atoms with Crippen LogP contribution in [0.4, 0.5) is 5.95 Å². The van der Waals surface area contributed by atoms with Gasteiger partial charge in [0.15, 0.2) is 5.65 Å². The average Bonchev–Trinajstić information content (AvgIpc) is 2.68. The van der Waals surface area contributed by atoms with Gasteiger partial charge in [0.05, 0.1) is 5.02 Å². The average molecular weight is 280 g/mol. The van der Waals surface area contributed by atoms with Crippen LogP contribution in [-0.2, 0) is 0 Å². The fraction of sp³-hybridized carbons (Fsp3) is 0.538. The molecule has 19 heavy (non-hydrogen) atoms. The van der Waals surface area contributed by atoms with Crippen LogP contribution in [0.25, 0.3) is 5.65 Å². The van der Waals surface area contributed by atoms with Crippen molar-refractivity contribution in [3.63, 3.8) is 0 Å². The van der Waals surface area contributed by atoms with E-state index in [1.165, 1.54) is 19.3 Å². The molecule has 0 radical (unpaired) electrons. The summed E-state index contributed by atoms with van der Waals surface area (Å²) in [6, 6.07) is 3.69. The molecule has 0 unspecified atom stereocenters. The monoisotopic (exact) mass is 279 g/mol. The smallest absolute Gasteiger partial charge is 0.243 e. The molecular weight excluding hydrogens is 262 g/mol. The number of likely N-dealkylation sites (N-methyl/N-ethyl adjacent to an activating group) is 1. The molecule has 1 saturated carbocycles. The zero-order valence-corrected chi connectivity index (χ0v) is 12.0. The molecule has 2 heterocycles. The summed E-state index contributed by atoms with van der Waals surface area (Å²) in [5.41, 5.74) is 1.06. The van der Waals surface area contributed by atoms with Gasteiger partial charge in [0.1, 0.15) is 0 Å². The van der Waals surface area contributed by atoms with E-state index in [4.69, 9.17) is 11.6 Å². The molecule has 1 aliphatic rings. The third-order valence-corrected chi connectivity index (χ3v) is 4.33. The zero-order chi connectivity index (χ0) is 13.5. The van der Waals surface area contributed by atoms with Crippen LogP contribution in [0.3, 0.4) is 0 Å². The lowest BCUT2D eigenvalue weighted by molar-refractivity contribution is 0.0737. The molecule has 0 saturated heterocycles. The van der Waals surface area contributed by atoms with Crippen molar-refractivity contribution in [2.75, 3.05) is 26.0 Å². The van der Waals surface area contributed by atoms with E-state index < -0.39 is 0 Å². The normalized spacial score (nSPS) is 17.7. The summed E-state index contributed by atoms with van der Waals surface area (Å²) in [6.45, 7) is 0.880. The van der Waals surface area contributed by atoms with Crippen LogP contribution in [0.15, 0.2) is 18.3 Å². The summed E-state index contributed by atoms with van der Waals surface area (Å²) in [5.74, 6) is 0.662. The maximum Gasteiger partial charge on any atom is 0.243 e. The standard InChI is InChI=1S/C13H18ClN5/c1-18(2)13(6-3-7-13)9-15-12-16-11-5-4-10(14)8-19(11)17-12/h4-5,8H,3,6-7,9H2,1-2H3,(H,15,17). The molecule has 6 heteroatoms. The predicted octanol–water partition coefficient (Wildman–Crippen LogP) is 2.28. The third-order valence-electron chi connectivity index (χ3n) is 4.10. The summed E-state index contributed by atoms with van der Waals surface area (Å²) in [5, 5.41) is 8.40. The van der Waals surface area contributed by atoms with Crippen LogP contribution >= 0.6 is 11.6 Å². The Bertz CT molecular complexity index is 588. The Labute approximate surface area is 117 Å². The molecule has 3 rings (SSSR count). The maximum atomic E-state index is 5.94. The molecule has 0 atom stereocenters. The fourth-order valence-corrected chi connectivity index (χ4v) is 2.70. The molecule has 1 N–H and O–H groups in total. The lowest BCUT2D eigenvalue weighted by Gasteiger charge is -2.47. The number of hydrogen-bond donors (Lipinski definition) is 1. The van der Waals surface area contributed by atoms with Crippen molar-refractivity contribution in [2.45, 2.75) is 24.8 Å². The van der Waals surface area contributed by atoms with E-state index in [0.29, 0.717) is 11.0 Å². The van der Waals surface area contributed by atoms with Crippen molar-refractivity contribution in [2.24, 2.45) is 0 Å². The van der Waals surface area contributed by atoms with Gasteiger partial charge in [-0.3, -0.25) is 0 Å². The fourth-order valence-electron chi connectivity index (χ4n) is 2.54.